The lowest BCUT2D eigenvalue weighted by atomic mass is 10.1. The van der Waals surface area contributed by atoms with Crippen LogP contribution in [-0.4, -0.2) is 14.5 Å². The van der Waals surface area contributed by atoms with E-state index in [4.69, 9.17) is 16.9 Å². The first-order chi connectivity index (χ1) is 8.27. The van der Waals surface area contributed by atoms with Crippen LogP contribution < -0.4 is 4.72 Å². The van der Waals surface area contributed by atoms with Crippen molar-refractivity contribution in [1.82, 2.24) is 4.72 Å². The molecule has 0 saturated carbocycles. The average molecular weight is 352 g/mol. The number of hydrogen-bond donors (Lipinski definition) is 1. The molecule has 0 aliphatic heterocycles. The number of nitriles is 1. The zero-order chi connectivity index (χ0) is 13.9. The molecule has 4 nitrogen and oxygen atoms in total. The van der Waals surface area contributed by atoms with Crippen LogP contribution in [0, 0.1) is 17.2 Å². The highest BCUT2D eigenvalue weighted by Crippen LogP contribution is 2.25. The maximum absolute atomic E-state index is 12.0. The Hall–Kier alpha value is -0.610. The van der Waals surface area contributed by atoms with E-state index in [0.717, 1.165) is 0 Å². The van der Waals surface area contributed by atoms with Gasteiger partial charge in [-0.3, -0.25) is 0 Å². The van der Waals surface area contributed by atoms with Gasteiger partial charge in [0.1, 0.15) is 6.04 Å². The van der Waals surface area contributed by atoms with Gasteiger partial charge in [0.2, 0.25) is 10.0 Å². The predicted molar refractivity (Wildman–Crippen MR) is 73.7 cm³/mol. The summed E-state index contributed by atoms with van der Waals surface area (Å²) in [5, 5.41) is 9.32. The van der Waals surface area contributed by atoms with Crippen LogP contribution in [0.2, 0.25) is 5.02 Å². The van der Waals surface area contributed by atoms with E-state index in [1.807, 2.05) is 6.07 Å². The lowest BCUT2D eigenvalue weighted by Gasteiger charge is -2.15. The summed E-state index contributed by atoms with van der Waals surface area (Å²) in [6.07, 6.45) is 0. The van der Waals surface area contributed by atoms with Gasteiger partial charge in [-0.15, -0.1) is 0 Å². The highest BCUT2D eigenvalue weighted by molar-refractivity contribution is 9.10. The fourth-order valence-electron chi connectivity index (χ4n) is 1.19. The topological polar surface area (TPSA) is 70.0 Å². The molecule has 1 aromatic rings. The minimum absolute atomic E-state index is 0.0691. The Kier molecular flexibility index (Phi) is 5.17. The van der Waals surface area contributed by atoms with Gasteiger partial charge >= 0.3 is 0 Å². The van der Waals surface area contributed by atoms with Gasteiger partial charge in [0.25, 0.3) is 0 Å². The van der Waals surface area contributed by atoms with Crippen molar-refractivity contribution in [2.24, 2.45) is 5.92 Å². The van der Waals surface area contributed by atoms with Crippen LogP contribution in [0.25, 0.3) is 0 Å². The molecule has 1 atom stereocenters. The van der Waals surface area contributed by atoms with Gasteiger partial charge in [-0.1, -0.05) is 25.4 Å². The van der Waals surface area contributed by atoms with Crippen molar-refractivity contribution in [1.29, 1.82) is 5.26 Å². The Labute approximate surface area is 120 Å². The number of nitrogens with zero attached hydrogens (tertiary/aromatic N) is 1. The molecule has 98 valence electrons. The Morgan fingerprint density at radius 3 is 2.50 bits per heavy atom. The van der Waals surface area contributed by atoms with Crippen LogP contribution >= 0.6 is 27.5 Å². The molecule has 0 radical (unpaired) electrons. The van der Waals surface area contributed by atoms with Gasteiger partial charge in [0.05, 0.1) is 16.0 Å². The molecule has 18 heavy (non-hydrogen) atoms. The standard InChI is InChI=1S/C11H12BrClN2O2S/c1-7(2)11(6-14)15-18(16,17)8-3-4-10(13)9(12)5-8/h3-5,7,11,15H,1-2H3. The van der Waals surface area contributed by atoms with Gasteiger partial charge in [-0.05, 0) is 40.0 Å². The second-order valence-corrected chi connectivity index (χ2v) is 7.02. The fraction of sp³-hybridized carbons (Fsp3) is 0.364. The smallest absolute Gasteiger partial charge is 0.207 e. The molecule has 0 aliphatic carbocycles. The van der Waals surface area contributed by atoms with E-state index >= 15 is 0 Å². The van der Waals surface area contributed by atoms with Crippen LogP contribution in [0.3, 0.4) is 0 Å². The van der Waals surface area contributed by atoms with E-state index in [1.165, 1.54) is 18.2 Å². The van der Waals surface area contributed by atoms with Crippen molar-refractivity contribution in [3.63, 3.8) is 0 Å². The van der Waals surface area contributed by atoms with Crippen molar-refractivity contribution in [3.05, 3.63) is 27.7 Å². The van der Waals surface area contributed by atoms with Gasteiger partial charge in [0, 0.05) is 4.47 Å². The first-order valence-electron chi connectivity index (χ1n) is 5.15. The molecule has 0 amide bonds. The van der Waals surface area contributed by atoms with E-state index in [0.29, 0.717) is 9.50 Å². The largest absolute Gasteiger partial charge is 0.241 e. The molecule has 0 spiro atoms. The third kappa shape index (κ3) is 3.69. The molecular formula is C11H12BrClN2O2S. The van der Waals surface area contributed by atoms with Crippen molar-refractivity contribution in [2.45, 2.75) is 24.8 Å². The van der Waals surface area contributed by atoms with Crippen molar-refractivity contribution < 1.29 is 8.42 Å². The summed E-state index contributed by atoms with van der Waals surface area (Å²) < 4.78 is 26.9. The van der Waals surface area contributed by atoms with Gasteiger partial charge in [-0.2, -0.15) is 9.98 Å². The molecule has 7 heteroatoms. The SMILES string of the molecule is CC(C)C(C#N)NS(=O)(=O)c1ccc(Cl)c(Br)c1. The van der Waals surface area contributed by atoms with E-state index in [2.05, 4.69) is 20.7 Å². The molecule has 0 bridgehead atoms. The zero-order valence-corrected chi connectivity index (χ0v) is 13.0. The second kappa shape index (κ2) is 6.02. The van der Waals surface area contributed by atoms with Crippen LogP contribution in [0.4, 0.5) is 0 Å². The van der Waals surface area contributed by atoms with E-state index in [9.17, 15) is 8.42 Å². The third-order valence-corrected chi connectivity index (χ3v) is 4.94. The molecule has 1 aromatic carbocycles. The normalized spacial score (nSPS) is 13.3. The number of rotatable bonds is 4. The van der Waals surface area contributed by atoms with Crippen LogP contribution in [0.15, 0.2) is 27.6 Å². The van der Waals surface area contributed by atoms with Gasteiger partial charge < -0.3 is 0 Å². The van der Waals surface area contributed by atoms with E-state index in [1.54, 1.807) is 13.8 Å². The quantitative estimate of drug-likeness (QED) is 0.906. The van der Waals surface area contributed by atoms with Crippen molar-refractivity contribution >= 4 is 37.6 Å². The van der Waals surface area contributed by atoms with Crippen molar-refractivity contribution in [3.8, 4) is 6.07 Å². The number of halogens is 2. The molecule has 0 heterocycles. The first kappa shape index (κ1) is 15.4. The summed E-state index contributed by atoms with van der Waals surface area (Å²) in [4.78, 5) is 0.0691. The van der Waals surface area contributed by atoms with Gasteiger partial charge in [0.15, 0.2) is 0 Å². The Morgan fingerprint density at radius 1 is 1.44 bits per heavy atom. The number of sulfonamides is 1. The van der Waals surface area contributed by atoms with Crippen LogP contribution in [0.5, 0.6) is 0 Å². The molecule has 1 N–H and O–H groups in total. The predicted octanol–water partition coefficient (Wildman–Crippen LogP) is 2.93. The molecule has 0 saturated heterocycles. The third-order valence-electron chi connectivity index (χ3n) is 2.29. The molecule has 0 aliphatic rings. The molecule has 1 rings (SSSR count). The number of benzene rings is 1. The van der Waals surface area contributed by atoms with Crippen LogP contribution in [-0.2, 0) is 10.0 Å². The maximum Gasteiger partial charge on any atom is 0.241 e. The second-order valence-electron chi connectivity index (χ2n) is 4.05. The lowest BCUT2D eigenvalue weighted by molar-refractivity contribution is 0.515. The summed E-state index contributed by atoms with van der Waals surface area (Å²) >= 11 is 8.96. The van der Waals surface area contributed by atoms with Crippen molar-refractivity contribution in [2.75, 3.05) is 0 Å². The average Bonchev–Trinajstić information content (AvgIpc) is 2.29. The minimum Gasteiger partial charge on any atom is -0.207 e. The van der Waals surface area contributed by atoms with Gasteiger partial charge in [-0.25, -0.2) is 8.42 Å². The maximum atomic E-state index is 12.0. The summed E-state index contributed by atoms with van der Waals surface area (Å²) in [5.74, 6) is -0.111. The Balaban J connectivity index is 3.07. The summed E-state index contributed by atoms with van der Waals surface area (Å²) in [6.45, 7) is 3.54. The first-order valence-corrected chi connectivity index (χ1v) is 7.80. The summed E-state index contributed by atoms with van der Waals surface area (Å²) in [5.41, 5.74) is 0. The Morgan fingerprint density at radius 2 is 2.06 bits per heavy atom. The molecular weight excluding hydrogens is 340 g/mol. The zero-order valence-electron chi connectivity index (χ0n) is 9.81. The number of nitrogens with one attached hydrogen (secondary N) is 1. The van der Waals surface area contributed by atoms with E-state index in [-0.39, 0.29) is 10.8 Å². The monoisotopic (exact) mass is 350 g/mol. The summed E-state index contributed by atoms with van der Waals surface area (Å²) in [6, 6.07) is 5.44. The molecule has 1 unspecified atom stereocenters. The van der Waals surface area contributed by atoms with E-state index < -0.39 is 16.1 Å². The fourth-order valence-corrected chi connectivity index (χ4v) is 3.15. The Bertz CT molecular complexity index is 581. The highest BCUT2D eigenvalue weighted by atomic mass is 79.9. The minimum atomic E-state index is -3.72. The molecule has 0 aromatic heterocycles. The van der Waals surface area contributed by atoms with Crippen LogP contribution in [0.1, 0.15) is 13.8 Å². The summed E-state index contributed by atoms with van der Waals surface area (Å²) in [7, 11) is -3.72. The lowest BCUT2D eigenvalue weighted by Crippen LogP contribution is -2.37. The number of hydrogen-bond acceptors (Lipinski definition) is 3. The molecule has 0 fully saturated rings. The highest BCUT2D eigenvalue weighted by Gasteiger charge is 2.22.